The van der Waals surface area contributed by atoms with E-state index in [0.29, 0.717) is 25.4 Å². The molecule has 2 aliphatic rings. The Morgan fingerprint density at radius 2 is 2.00 bits per heavy atom. The van der Waals surface area contributed by atoms with Gasteiger partial charge in [0.05, 0.1) is 4.90 Å². The lowest BCUT2D eigenvalue weighted by molar-refractivity contribution is -0.117. The van der Waals surface area contributed by atoms with Gasteiger partial charge < -0.3 is 10.2 Å². The number of carbonyl (C=O) groups is 1. The van der Waals surface area contributed by atoms with Crippen LogP contribution in [-0.4, -0.2) is 40.5 Å². The Morgan fingerprint density at radius 3 is 2.58 bits per heavy atom. The molecular weight excluding hydrogens is 350 g/mol. The summed E-state index contributed by atoms with van der Waals surface area (Å²) < 4.78 is 27.3. The van der Waals surface area contributed by atoms with Crippen LogP contribution >= 0.6 is 12.4 Å². The lowest BCUT2D eigenvalue weighted by Gasteiger charge is -2.16. The van der Waals surface area contributed by atoms with Crippen molar-refractivity contribution < 1.29 is 13.2 Å². The van der Waals surface area contributed by atoms with Gasteiger partial charge >= 0.3 is 0 Å². The summed E-state index contributed by atoms with van der Waals surface area (Å²) in [5, 5.41) is 3.28. The molecule has 0 spiro atoms. The van der Waals surface area contributed by atoms with Crippen LogP contribution in [0.25, 0.3) is 0 Å². The first-order valence-corrected chi connectivity index (χ1v) is 9.65. The summed E-state index contributed by atoms with van der Waals surface area (Å²) in [6.45, 7) is 3.16. The van der Waals surface area contributed by atoms with Crippen LogP contribution in [0.4, 0.5) is 5.69 Å². The van der Waals surface area contributed by atoms with Crippen molar-refractivity contribution in [1.82, 2.24) is 10.0 Å². The molecule has 1 aromatic rings. The number of benzene rings is 1. The molecule has 3 rings (SSSR count). The zero-order valence-electron chi connectivity index (χ0n) is 13.5. The first kappa shape index (κ1) is 19.2. The van der Waals surface area contributed by atoms with Crippen LogP contribution in [0.3, 0.4) is 0 Å². The number of anilines is 1. The van der Waals surface area contributed by atoms with Crippen molar-refractivity contribution in [2.45, 2.75) is 30.6 Å². The van der Waals surface area contributed by atoms with Crippen LogP contribution in [0, 0.1) is 5.92 Å². The fourth-order valence-corrected chi connectivity index (χ4v) is 4.22. The largest absolute Gasteiger partial charge is 0.316 e. The highest BCUT2D eigenvalue weighted by Gasteiger charge is 2.22. The summed E-state index contributed by atoms with van der Waals surface area (Å²) in [6.07, 6.45) is 3.39. The van der Waals surface area contributed by atoms with Gasteiger partial charge in [0, 0.05) is 25.2 Å². The van der Waals surface area contributed by atoms with Gasteiger partial charge in [0.2, 0.25) is 15.9 Å². The van der Waals surface area contributed by atoms with Crippen molar-refractivity contribution in [2.24, 2.45) is 5.92 Å². The van der Waals surface area contributed by atoms with Crippen molar-refractivity contribution in [1.29, 1.82) is 0 Å². The molecule has 0 bridgehead atoms. The first-order valence-electron chi connectivity index (χ1n) is 8.17. The van der Waals surface area contributed by atoms with Gasteiger partial charge in [0.15, 0.2) is 0 Å². The molecule has 1 amide bonds. The minimum absolute atomic E-state index is 0. The second-order valence-electron chi connectivity index (χ2n) is 6.19. The summed E-state index contributed by atoms with van der Waals surface area (Å²) in [7, 11) is -3.48. The zero-order chi connectivity index (χ0) is 16.3. The maximum atomic E-state index is 12.3. The lowest BCUT2D eigenvalue weighted by Crippen LogP contribution is -2.27. The molecule has 2 N–H and O–H groups in total. The summed E-state index contributed by atoms with van der Waals surface area (Å²) in [6, 6.07) is 6.55. The number of hydrogen-bond acceptors (Lipinski definition) is 4. The average molecular weight is 374 g/mol. The standard InChI is InChI=1S/C16H23N3O3S.ClH/c20-16-2-1-11-19(16)14-3-5-15(6-4-14)23(21,22)18-10-8-13-7-9-17-12-13;/h3-6,13,17-18H,1-2,7-12H2;1H. The molecule has 1 aromatic carbocycles. The third-order valence-electron chi connectivity index (χ3n) is 4.54. The molecular formula is C16H24ClN3O3S. The van der Waals surface area contributed by atoms with E-state index in [1.807, 2.05) is 0 Å². The Bertz CT molecular complexity index is 658. The fourth-order valence-electron chi connectivity index (χ4n) is 3.17. The van der Waals surface area contributed by atoms with E-state index >= 15 is 0 Å². The van der Waals surface area contributed by atoms with Crippen LogP contribution in [0.5, 0.6) is 0 Å². The summed E-state index contributed by atoms with van der Waals surface area (Å²) in [4.78, 5) is 13.7. The normalized spacial score (nSPS) is 21.1. The molecule has 0 aliphatic carbocycles. The molecule has 1 unspecified atom stereocenters. The Labute approximate surface area is 149 Å². The number of amides is 1. The Morgan fingerprint density at radius 1 is 1.25 bits per heavy atom. The molecule has 1 atom stereocenters. The topological polar surface area (TPSA) is 78.5 Å². The molecule has 2 aliphatic heterocycles. The smallest absolute Gasteiger partial charge is 0.240 e. The van der Waals surface area contributed by atoms with Crippen LogP contribution < -0.4 is 14.9 Å². The van der Waals surface area contributed by atoms with Gasteiger partial charge in [0.25, 0.3) is 0 Å². The average Bonchev–Trinajstić information content (AvgIpc) is 3.19. The molecule has 2 heterocycles. The Balaban J connectivity index is 0.00000208. The van der Waals surface area contributed by atoms with E-state index in [2.05, 4.69) is 10.0 Å². The van der Waals surface area contributed by atoms with Crippen LogP contribution in [0.2, 0.25) is 0 Å². The van der Waals surface area contributed by atoms with E-state index in [1.165, 1.54) is 0 Å². The summed E-state index contributed by atoms with van der Waals surface area (Å²) >= 11 is 0. The van der Waals surface area contributed by atoms with Gasteiger partial charge in [-0.15, -0.1) is 12.4 Å². The van der Waals surface area contributed by atoms with Crippen LogP contribution in [-0.2, 0) is 14.8 Å². The highest BCUT2D eigenvalue weighted by atomic mass is 35.5. The maximum Gasteiger partial charge on any atom is 0.240 e. The van der Waals surface area contributed by atoms with Gasteiger partial charge in [-0.25, -0.2) is 13.1 Å². The number of halogens is 1. The number of nitrogens with one attached hydrogen (secondary N) is 2. The van der Waals surface area contributed by atoms with E-state index in [1.54, 1.807) is 29.2 Å². The number of rotatable bonds is 6. The van der Waals surface area contributed by atoms with Crippen molar-refractivity contribution in [3.63, 3.8) is 0 Å². The van der Waals surface area contributed by atoms with Crippen molar-refractivity contribution in [3.8, 4) is 0 Å². The van der Waals surface area contributed by atoms with Crippen LogP contribution in [0.1, 0.15) is 25.7 Å². The van der Waals surface area contributed by atoms with Gasteiger partial charge in [-0.05, 0) is 62.5 Å². The van der Waals surface area contributed by atoms with E-state index in [-0.39, 0.29) is 23.2 Å². The molecule has 8 heteroatoms. The predicted octanol–water partition coefficient (Wildman–Crippen LogP) is 1.51. The SMILES string of the molecule is Cl.O=C1CCCN1c1ccc(S(=O)(=O)NCCC2CCNC2)cc1. The summed E-state index contributed by atoms with van der Waals surface area (Å²) in [5.41, 5.74) is 0.767. The van der Waals surface area contributed by atoms with E-state index in [4.69, 9.17) is 0 Å². The predicted molar refractivity (Wildman–Crippen MR) is 96.1 cm³/mol. The van der Waals surface area contributed by atoms with Crippen LogP contribution in [0.15, 0.2) is 29.2 Å². The molecule has 0 saturated carbocycles. The second kappa shape index (κ2) is 8.29. The second-order valence-corrected chi connectivity index (χ2v) is 7.96. The quantitative estimate of drug-likeness (QED) is 0.792. The van der Waals surface area contributed by atoms with Crippen molar-refractivity contribution in [3.05, 3.63) is 24.3 Å². The number of sulfonamides is 1. The number of carbonyl (C=O) groups excluding carboxylic acids is 1. The molecule has 134 valence electrons. The Hall–Kier alpha value is -1.15. The minimum atomic E-state index is -3.48. The van der Waals surface area contributed by atoms with E-state index in [9.17, 15) is 13.2 Å². The highest BCUT2D eigenvalue weighted by Crippen LogP contribution is 2.23. The van der Waals surface area contributed by atoms with Gasteiger partial charge in [0.1, 0.15) is 0 Å². The zero-order valence-corrected chi connectivity index (χ0v) is 15.2. The maximum absolute atomic E-state index is 12.3. The van der Waals surface area contributed by atoms with E-state index in [0.717, 1.165) is 38.0 Å². The highest BCUT2D eigenvalue weighted by molar-refractivity contribution is 7.89. The fraction of sp³-hybridized carbons (Fsp3) is 0.562. The number of nitrogens with zero attached hydrogens (tertiary/aromatic N) is 1. The minimum Gasteiger partial charge on any atom is -0.316 e. The van der Waals surface area contributed by atoms with Gasteiger partial charge in [-0.2, -0.15) is 0 Å². The molecule has 24 heavy (non-hydrogen) atoms. The third-order valence-corrected chi connectivity index (χ3v) is 6.02. The van der Waals surface area contributed by atoms with Crippen molar-refractivity contribution in [2.75, 3.05) is 31.1 Å². The first-order chi connectivity index (χ1) is 11.1. The molecule has 0 aromatic heterocycles. The van der Waals surface area contributed by atoms with Gasteiger partial charge in [-0.1, -0.05) is 0 Å². The lowest BCUT2D eigenvalue weighted by atomic mass is 10.1. The molecule has 2 fully saturated rings. The number of hydrogen-bond donors (Lipinski definition) is 2. The monoisotopic (exact) mass is 373 g/mol. The molecule has 0 radical (unpaired) electrons. The third kappa shape index (κ3) is 4.47. The van der Waals surface area contributed by atoms with Crippen molar-refractivity contribution >= 4 is 34.0 Å². The van der Waals surface area contributed by atoms with E-state index < -0.39 is 10.0 Å². The summed E-state index contributed by atoms with van der Waals surface area (Å²) in [5.74, 6) is 0.658. The molecule has 6 nitrogen and oxygen atoms in total. The Kier molecular flexibility index (Phi) is 6.62. The van der Waals surface area contributed by atoms with Gasteiger partial charge in [-0.3, -0.25) is 4.79 Å². The molecule has 2 saturated heterocycles.